The van der Waals surface area contributed by atoms with Gasteiger partial charge in [-0.05, 0) is 37.7 Å². The first-order valence-corrected chi connectivity index (χ1v) is 7.28. The second-order valence-electron chi connectivity index (χ2n) is 4.73. The molecule has 2 N–H and O–H groups in total. The van der Waals surface area contributed by atoms with Crippen molar-refractivity contribution >= 4 is 23.0 Å². The van der Waals surface area contributed by atoms with Crippen molar-refractivity contribution in [3.8, 4) is 5.75 Å². The third kappa shape index (κ3) is 6.43. The van der Waals surface area contributed by atoms with Crippen LogP contribution in [0.2, 0.25) is 0 Å². The molecule has 1 aromatic rings. The summed E-state index contributed by atoms with van der Waals surface area (Å²) in [6, 6.07) is 8.15. The number of rotatable bonds is 7. The molecule has 19 heavy (non-hydrogen) atoms. The number of thiocarbonyl (C=S) groups is 1. The molecule has 0 aromatic heterocycles. The topological polar surface area (TPSA) is 33.3 Å². The van der Waals surface area contributed by atoms with Gasteiger partial charge in [-0.3, -0.25) is 0 Å². The quantitative estimate of drug-likeness (QED) is 0.585. The van der Waals surface area contributed by atoms with Crippen LogP contribution in [0.4, 0.5) is 5.69 Å². The molecule has 4 heteroatoms. The summed E-state index contributed by atoms with van der Waals surface area (Å²) < 4.78 is 5.18. The molecule has 1 unspecified atom stereocenters. The summed E-state index contributed by atoms with van der Waals surface area (Å²) in [6.45, 7) is 4.38. The van der Waals surface area contributed by atoms with Gasteiger partial charge in [0.25, 0.3) is 0 Å². The Kier molecular flexibility index (Phi) is 7.26. The van der Waals surface area contributed by atoms with E-state index in [4.69, 9.17) is 17.0 Å². The number of hydrogen-bond acceptors (Lipinski definition) is 2. The molecule has 0 aliphatic carbocycles. The van der Waals surface area contributed by atoms with Crippen LogP contribution in [0, 0.1) is 0 Å². The number of methoxy groups -OCH3 is 1. The molecule has 1 atom stereocenters. The predicted molar refractivity (Wildman–Crippen MR) is 86.0 cm³/mol. The zero-order valence-electron chi connectivity index (χ0n) is 12.0. The molecular formula is C15H24N2OS. The van der Waals surface area contributed by atoms with E-state index in [0.29, 0.717) is 11.2 Å². The Balaban J connectivity index is 2.37. The van der Waals surface area contributed by atoms with Gasteiger partial charge in [0, 0.05) is 17.8 Å². The molecule has 0 saturated heterocycles. The second-order valence-corrected chi connectivity index (χ2v) is 5.14. The van der Waals surface area contributed by atoms with Gasteiger partial charge in [0.1, 0.15) is 5.75 Å². The predicted octanol–water partition coefficient (Wildman–Crippen LogP) is 3.95. The van der Waals surface area contributed by atoms with E-state index in [0.717, 1.165) is 17.9 Å². The first-order valence-electron chi connectivity index (χ1n) is 6.87. The van der Waals surface area contributed by atoms with Crippen LogP contribution in [0.1, 0.15) is 39.5 Å². The van der Waals surface area contributed by atoms with Crippen molar-refractivity contribution in [2.24, 2.45) is 0 Å². The summed E-state index contributed by atoms with van der Waals surface area (Å²) in [5, 5.41) is 7.15. The first-order chi connectivity index (χ1) is 9.15. The number of anilines is 1. The zero-order valence-corrected chi connectivity index (χ0v) is 12.8. The van der Waals surface area contributed by atoms with E-state index in [-0.39, 0.29) is 0 Å². The highest BCUT2D eigenvalue weighted by Gasteiger charge is 2.04. The van der Waals surface area contributed by atoms with Crippen LogP contribution >= 0.6 is 12.2 Å². The Morgan fingerprint density at radius 2 is 2.16 bits per heavy atom. The van der Waals surface area contributed by atoms with Crippen LogP contribution in [0.5, 0.6) is 5.75 Å². The fourth-order valence-electron chi connectivity index (χ4n) is 1.86. The van der Waals surface area contributed by atoms with Gasteiger partial charge in [-0.1, -0.05) is 32.3 Å². The highest BCUT2D eigenvalue weighted by molar-refractivity contribution is 7.80. The summed E-state index contributed by atoms with van der Waals surface area (Å²) in [6.07, 6.45) is 4.92. The van der Waals surface area contributed by atoms with Crippen LogP contribution in [0.3, 0.4) is 0 Å². The van der Waals surface area contributed by atoms with Gasteiger partial charge in [0.2, 0.25) is 0 Å². The zero-order chi connectivity index (χ0) is 14.1. The highest BCUT2D eigenvalue weighted by Crippen LogP contribution is 2.16. The third-order valence-electron chi connectivity index (χ3n) is 2.95. The average molecular weight is 280 g/mol. The van der Waals surface area contributed by atoms with Crippen molar-refractivity contribution in [3.05, 3.63) is 24.3 Å². The minimum Gasteiger partial charge on any atom is -0.497 e. The molecule has 3 nitrogen and oxygen atoms in total. The van der Waals surface area contributed by atoms with Crippen molar-refractivity contribution in [3.63, 3.8) is 0 Å². The van der Waals surface area contributed by atoms with E-state index >= 15 is 0 Å². The second kappa shape index (κ2) is 8.75. The Hall–Kier alpha value is -1.29. The van der Waals surface area contributed by atoms with E-state index in [2.05, 4.69) is 24.5 Å². The summed E-state index contributed by atoms with van der Waals surface area (Å²) in [5.41, 5.74) is 0.942. The van der Waals surface area contributed by atoms with E-state index in [9.17, 15) is 0 Å². The molecule has 0 bridgehead atoms. The molecule has 0 spiro atoms. The van der Waals surface area contributed by atoms with Crippen molar-refractivity contribution < 1.29 is 4.74 Å². The van der Waals surface area contributed by atoms with Gasteiger partial charge >= 0.3 is 0 Å². The maximum absolute atomic E-state index is 5.31. The van der Waals surface area contributed by atoms with E-state index < -0.39 is 0 Å². The molecule has 0 aliphatic heterocycles. The average Bonchev–Trinajstić information content (AvgIpc) is 2.39. The lowest BCUT2D eigenvalue weighted by atomic mass is 10.1. The highest BCUT2D eigenvalue weighted by atomic mass is 32.1. The first kappa shape index (κ1) is 15.8. The fourth-order valence-corrected chi connectivity index (χ4v) is 2.18. The molecule has 1 rings (SSSR count). The van der Waals surface area contributed by atoms with E-state index in [1.807, 2.05) is 24.3 Å². The van der Waals surface area contributed by atoms with Crippen molar-refractivity contribution in [2.75, 3.05) is 12.4 Å². The molecule has 0 aliphatic rings. The molecule has 0 fully saturated rings. The van der Waals surface area contributed by atoms with Crippen molar-refractivity contribution in [1.29, 1.82) is 0 Å². The smallest absolute Gasteiger partial charge is 0.170 e. The third-order valence-corrected chi connectivity index (χ3v) is 3.17. The molecule has 0 saturated carbocycles. The minimum absolute atomic E-state index is 0.400. The lowest BCUT2D eigenvalue weighted by Gasteiger charge is -2.17. The molecule has 0 amide bonds. The number of ether oxygens (including phenoxy) is 1. The maximum atomic E-state index is 5.31. The number of nitrogens with one attached hydrogen (secondary N) is 2. The van der Waals surface area contributed by atoms with Gasteiger partial charge in [-0.2, -0.15) is 0 Å². The van der Waals surface area contributed by atoms with Crippen LogP contribution in [-0.4, -0.2) is 18.3 Å². The van der Waals surface area contributed by atoms with Crippen LogP contribution in [0.15, 0.2) is 24.3 Å². The SMILES string of the molecule is CCCCCC(C)NC(=S)Nc1cccc(OC)c1. The number of unbranched alkanes of at least 4 members (excludes halogenated alkanes) is 2. The normalized spacial score (nSPS) is 11.7. The minimum atomic E-state index is 0.400. The van der Waals surface area contributed by atoms with Crippen LogP contribution in [-0.2, 0) is 0 Å². The van der Waals surface area contributed by atoms with Crippen molar-refractivity contribution in [2.45, 2.75) is 45.6 Å². The molecule has 0 radical (unpaired) electrons. The van der Waals surface area contributed by atoms with E-state index in [1.165, 1.54) is 19.3 Å². The largest absolute Gasteiger partial charge is 0.497 e. The molecule has 0 heterocycles. The van der Waals surface area contributed by atoms with E-state index in [1.54, 1.807) is 7.11 Å². The van der Waals surface area contributed by atoms with Crippen molar-refractivity contribution in [1.82, 2.24) is 5.32 Å². The lowest BCUT2D eigenvalue weighted by Crippen LogP contribution is -2.35. The summed E-state index contributed by atoms with van der Waals surface area (Å²) in [5.74, 6) is 0.823. The monoisotopic (exact) mass is 280 g/mol. The number of hydrogen-bond donors (Lipinski definition) is 2. The summed E-state index contributed by atoms with van der Waals surface area (Å²) >= 11 is 5.31. The lowest BCUT2D eigenvalue weighted by molar-refractivity contribution is 0.415. The van der Waals surface area contributed by atoms with Crippen LogP contribution in [0.25, 0.3) is 0 Å². The standard InChI is InChI=1S/C15H24N2OS/c1-4-5-6-8-12(2)16-15(19)17-13-9-7-10-14(11-13)18-3/h7,9-12H,4-6,8H2,1-3H3,(H2,16,17,19). The Labute approximate surface area is 121 Å². The summed E-state index contributed by atoms with van der Waals surface area (Å²) in [7, 11) is 1.66. The molecule has 1 aromatic carbocycles. The maximum Gasteiger partial charge on any atom is 0.170 e. The van der Waals surface area contributed by atoms with Crippen LogP contribution < -0.4 is 15.4 Å². The van der Waals surface area contributed by atoms with Gasteiger partial charge < -0.3 is 15.4 Å². The van der Waals surface area contributed by atoms with Gasteiger partial charge in [-0.25, -0.2) is 0 Å². The molecular weight excluding hydrogens is 256 g/mol. The molecule has 106 valence electrons. The Morgan fingerprint density at radius 1 is 1.37 bits per heavy atom. The Morgan fingerprint density at radius 3 is 2.84 bits per heavy atom. The van der Waals surface area contributed by atoms with Gasteiger partial charge in [-0.15, -0.1) is 0 Å². The van der Waals surface area contributed by atoms with Gasteiger partial charge in [0.05, 0.1) is 7.11 Å². The van der Waals surface area contributed by atoms with Gasteiger partial charge in [0.15, 0.2) is 5.11 Å². The summed E-state index contributed by atoms with van der Waals surface area (Å²) in [4.78, 5) is 0. The Bertz CT molecular complexity index is 395. The fraction of sp³-hybridized carbons (Fsp3) is 0.533. The number of benzene rings is 1.